The van der Waals surface area contributed by atoms with Gasteiger partial charge in [-0.25, -0.2) is 17.6 Å². The number of carbonyl (C=O) groups excluding carboxylic acids is 7. The van der Waals surface area contributed by atoms with Crippen molar-refractivity contribution in [2.45, 2.75) is 139 Å². The van der Waals surface area contributed by atoms with Gasteiger partial charge in [0.05, 0.1) is 13.1 Å². The third kappa shape index (κ3) is 11.4. The lowest BCUT2D eigenvalue weighted by Crippen LogP contribution is -2.65. The van der Waals surface area contributed by atoms with Gasteiger partial charge in [0.25, 0.3) is 5.92 Å². The SMILES string of the molecule is CC(C)C[C@@H]1NC(=O)[C@@H](N(C)C(=O)[C@H](C)NC(=O)[C@@H]2C[C@@H](F)CN2C(=O)C2(C(F)(F)F)CC(F)(F)C2)CCCCNC(=O)[C@@H]2C[C@@H](F)CN2C(=O)[C@H](Cc2cc(Cl)ccc2Cl)N(C)C1=O. The van der Waals surface area contributed by atoms with Crippen LogP contribution in [0.25, 0.3) is 0 Å². The molecule has 3 aliphatic heterocycles. The van der Waals surface area contributed by atoms with Gasteiger partial charge in [-0.3, -0.25) is 33.6 Å². The predicted molar refractivity (Wildman–Crippen MR) is 222 cm³/mol. The molecule has 0 spiro atoms. The van der Waals surface area contributed by atoms with Crippen LogP contribution in [0.15, 0.2) is 18.2 Å². The molecule has 1 saturated carbocycles. The van der Waals surface area contributed by atoms with E-state index in [1.54, 1.807) is 13.8 Å². The summed E-state index contributed by atoms with van der Waals surface area (Å²) in [7, 11) is 2.54. The fraction of sp³-hybridized carbons (Fsp3) is 0.690. The fourth-order valence-electron chi connectivity index (χ4n) is 9.09. The quantitative estimate of drug-likeness (QED) is 0.309. The van der Waals surface area contributed by atoms with E-state index in [-0.39, 0.29) is 65.9 Å². The van der Waals surface area contributed by atoms with Gasteiger partial charge in [-0.2, -0.15) is 13.2 Å². The lowest BCUT2D eigenvalue weighted by molar-refractivity contribution is -0.299. The number of likely N-dealkylation sites (N-methyl/N-ethyl adjacent to an activating group) is 2. The van der Waals surface area contributed by atoms with Crippen molar-refractivity contribution in [3.05, 3.63) is 33.8 Å². The normalized spacial score (nSPS) is 28.3. The van der Waals surface area contributed by atoms with Gasteiger partial charge in [0.1, 0.15) is 48.6 Å². The highest BCUT2D eigenvalue weighted by atomic mass is 35.5. The largest absolute Gasteiger partial charge is 0.403 e. The van der Waals surface area contributed by atoms with Crippen LogP contribution in [0.2, 0.25) is 10.0 Å². The van der Waals surface area contributed by atoms with E-state index >= 15 is 4.39 Å². The zero-order valence-electron chi connectivity index (χ0n) is 36.5. The van der Waals surface area contributed by atoms with E-state index < -0.39 is 140 Å². The maximum Gasteiger partial charge on any atom is 0.403 e. The molecule has 5 rings (SSSR count). The Morgan fingerprint density at radius 1 is 0.954 bits per heavy atom. The molecule has 0 bridgehead atoms. The standard InChI is InChI=1S/C42H54Cl2F7N7O7/c1-21(2)12-28-37(63)56(5)32(14-23-13-24(43)9-10-27(23)44)38(64)57-17-25(45)15-30(57)33(59)52-11-7-6-8-29(34(60)54-28)55(4)36(62)22(3)53-35(61)31-16-26(46)18-58(31)39(65)40(42(49,50)51)19-41(47,48)20-40/h9-10,13,21-22,25-26,28-32H,6-8,11-12,14-20H2,1-5H3,(H,52,59)(H,53,61)(H,54,60)/t22-,25+,26+,28-,29-,30-,31-,32-/m0/s1. The Bertz CT molecular complexity index is 2010. The first-order valence-electron chi connectivity index (χ1n) is 21.4. The first-order valence-corrected chi connectivity index (χ1v) is 22.1. The van der Waals surface area contributed by atoms with E-state index in [0.29, 0.717) is 5.56 Å². The number of rotatable bonds is 9. The molecule has 3 N–H and O–H groups in total. The second-order valence-electron chi connectivity index (χ2n) is 18.0. The van der Waals surface area contributed by atoms with Crippen LogP contribution < -0.4 is 16.0 Å². The molecule has 362 valence electrons. The maximum atomic E-state index is 15.0. The van der Waals surface area contributed by atoms with Crippen LogP contribution in [0.4, 0.5) is 30.7 Å². The highest BCUT2D eigenvalue weighted by Crippen LogP contribution is 2.61. The monoisotopic (exact) mass is 971 g/mol. The summed E-state index contributed by atoms with van der Waals surface area (Å²) in [5, 5.41) is 8.16. The van der Waals surface area contributed by atoms with Crippen molar-refractivity contribution < 1.29 is 64.3 Å². The molecule has 1 aromatic rings. The number of alkyl halides is 7. The van der Waals surface area contributed by atoms with Gasteiger partial charge in [0.15, 0.2) is 5.41 Å². The minimum absolute atomic E-state index is 0.0160. The molecule has 8 atom stereocenters. The van der Waals surface area contributed by atoms with Crippen molar-refractivity contribution in [2.24, 2.45) is 11.3 Å². The van der Waals surface area contributed by atoms with Gasteiger partial charge in [-0.15, -0.1) is 0 Å². The number of hydrogen-bond acceptors (Lipinski definition) is 7. The van der Waals surface area contributed by atoms with Gasteiger partial charge in [0.2, 0.25) is 41.4 Å². The number of fused-ring (bicyclic) bond motifs is 1. The second-order valence-corrected chi connectivity index (χ2v) is 18.9. The molecule has 4 fully saturated rings. The van der Waals surface area contributed by atoms with Crippen LogP contribution >= 0.6 is 23.2 Å². The first kappa shape index (κ1) is 51.6. The molecule has 65 heavy (non-hydrogen) atoms. The van der Waals surface area contributed by atoms with Crippen molar-refractivity contribution in [3.8, 4) is 0 Å². The number of likely N-dealkylation sites (tertiary alicyclic amines) is 1. The lowest BCUT2D eigenvalue weighted by Gasteiger charge is -2.48. The number of halogens is 9. The van der Waals surface area contributed by atoms with Crippen molar-refractivity contribution in [1.82, 2.24) is 35.6 Å². The van der Waals surface area contributed by atoms with E-state index in [1.165, 1.54) is 39.2 Å². The summed E-state index contributed by atoms with van der Waals surface area (Å²) in [4.78, 5) is 101. The van der Waals surface area contributed by atoms with Gasteiger partial charge in [0, 0.05) is 62.8 Å². The lowest BCUT2D eigenvalue weighted by atomic mass is 9.64. The Morgan fingerprint density at radius 3 is 2.22 bits per heavy atom. The maximum absolute atomic E-state index is 15.0. The van der Waals surface area contributed by atoms with Crippen LogP contribution in [-0.4, -0.2) is 155 Å². The topological polar surface area (TPSA) is 169 Å². The van der Waals surface area contributed by atoms with Gasteiger partial charge < -0.3 is 35.6 Å². The summed E-state index contributed by atoms with van der Waals surface area (Å²) >= 11 is 12.7. The van der Waals surface area contributed by atoms with Gasteiger partial charge >= 0.3 is 6.18 Å². The number of hydrogen-bond donors (Lipinski definition) is 3. The molecule has 7 amide bonds. The van der Waals surface area contributed by atoms with Gasteiger partial charge in [-0.05, 0) is 62.3 Å². The number of nitrogens with one attached hydrogen (secondary N) is 3. The van der Waals surface area contributed by atoms with E-state index in [9.17, 15) is 59.9 Å². The second kappa shape index (κ2) is 20.2. The minimum atomic E-state index is -5.43. The average molecular weight is 973 g/mol. The fourth-order valence-corrected chi connectivity index (χ4v) is 9.48. The highest BCUT2D eigenvalue weighted by Gasteiger charge is 2.75. The predicted octanol–water partition coefficient (Wildman–Crippen LogP) is 4.38. The Labute approximate surface area is 381 Å². The number of nitrogens with zero attached hydrogens (tertiary/aromatic N) is 4. The smallest absolute Gasteiger partial charge is 0.354 e. The molecule has 3 heterocycles. The van der Waals surface area contributed by atoms with E-state index in [2.05, 4.69) is 16.0 Å². The van der Waals surface area contributed by atoms with Crippen LogP contribution in [-0.2, 0) is 40.0 Å². The summed E-state index contributed by atoms with van der Waals surface area (Å²) < 4.78 is 99.5. The molecule has 14 nitrogen and oxygen atoms in total. The minimum Gasteiger partial charge on any atom is -0.354 e. The summed E-state index contributed by atoms with van der Waals surface area (Å²) in [6.07, 6.45) is -13.6. The molecule has 0 radical (unpaired) electrons. The van der Waals surface area contributed by atoms with E-state index in [4.69, 9.17) is 23.2 Å². The van der Waals surface area contributed by atoms with Crippen molar-refractivity contribution in [3.63, 3.8) is 0 Å². The van der Waals surface area contributed by atoms with Crippen molar-refractivity contribution in [1.29, 1.82) is 0 Å². The number of benzene rings is 1. The molecular formula is C42H54Cl2F7N7O7. The van der Waals surface area contributed by atoms with Crippen LogP contribution in [0, 0.1) is 11.3 Å². The summed E-state index contributed by atoms with van der Waals surface area (Å²) in [6, 6.07) is -4.18. The molecule has 1 aromatic carbocycles. The molecule has 4 aliphatic rings. The molecule has 1 aliphatic carbocycles. The highest BCUT2D eigenvalue weighted by molar-refractivity contribution is 6.33. The number of amides is 7. The van der Waals surface area contributed by atoms with Gasteiger partial charge in [-0.1, -0.05) is 37.0 Å². The van der Waals surface area contributed by atoms with Crippen molar-refractivity contribution >= 4 is 64.6 Å². The average Bonchev–Trinajstić information content (AvgIpc) is 3.80. The zero-order valence-corrected chi connectivity index (χ0v) is 38.0. The third-order valence-electron chi connectivity index (χ3n) is 12.6. The Kier molecular flexibility index (Phi) is 16.0. The number of carbonyl (C=O) groups is 7. The first-order chi connectivity index (χ1) is 30.2. The molecular weight excluding hydrogens is 918 g/mol. The van der Waals surface area contributed by atoms with Crippen LogP contribution in [0.5, 0.6) is 0 Å². The summed E-state index contributed by atoms with van der Waals surface area (Å²) in [6.45, 7) is 3.34. The third-order valence-corrected chi connectivity index (χ3v) is 13.2. The zero-order chi connectivity index (χ0) is 48.5. The van der Waals surface area contributed by atoms with Crippen LogP contribution in [0.1, 0.15) is 77.7 Å². The Balaban J connectivity index is 1.40. The molecule has 0 unspecified atom stereocenters. The summed E-state index contributed by atoms with van der Waals surface area (Å²) in [5.41, 5.74) is -3.17. The molecule has 3 saturated heterocycles. The van der Waals surface area contributed by atoms with Crippen LogP contribution in [0.3, 0.4) is 0 Å². The summed E-state index contributed by atoms with van der Waals surface area (Å²) in [5.74, 6) is -11.1. The van der Waals surface area contributed by atoms with E-state index in [1.807, 2.05) is 0 Å². The molecule has 23 heteroatoms. The van der Waals surface area contributed by atoms with E-state index in [0.717, 1.165) is 14.7 Å². The Morgan fingerprint density at radius 2 is 1.60 bits per heavy atom. The molecule has 0 aromatic heterocycles. The Hall–Kier alpha value is -4.40. The van der Waals surface area contributed by atoms with Crippen molar-refractivity contribution in [2.75, 3.05) is 33.7 Å².